The van der Waals surface area contributed by atoms with Crippen LogP contribution in [0.5, 0.6) is 0 Å². The van der Waals surface area contributed by atoms with Crippen LogP contribution in [0.4, 0.5) is 29.4 Å². The highest BCUT2D eigenvalue weighted by Gasteiger charge is 2.50. The molecule has 10 aromatic heterocycles. The lowest BCUT2D eigenvalue weighted by Crippen LogP contribution is -2.34. The second-order valence-electron chi connectivity index (χ2n) is 34.0. The minimum absolute atomic E-state index is 0.00613. The maximum absolute atomic E-state index is 15.0. The van der Waals surface area contributed by atoms with Crippen LogP contribution in [0.3, 0.4) is 0 Å². The van der Waals surface area contributed by atoms with E-state index in [0.717, 1.165) is 30.8 Å². The van der Waals surface area contributed by atoms with Gasteiger partial charge in [-0.2, -0.15) is 19.9 Å². The molecule has 0 saturated carbocycles. The van der Waals surface area contributed by atoms with E-state index in [4.69, 9.17) is 192 Å². The van der Waals surface area contributed by atoms with E-state index < -0.39 is 280 Å². The number of fused-ring (bicyclic) bond motifs is 3. The molecule has 61 nitrogen and oxygen atoms in total. The average Bonchev–Trinajstić information content (AvgIpc) is 1.60. The normalized spacial score (nSPS) is 29.5. The first-order valence-corrected chi connectivity index (χ1v) is 61.5. The van der Waals surface area contributed by atoms with Gasteiger partial charge in [0, 0.05) is 92.0 Å². The molecule has 0 amide bonds. The molecule has 10 aromatic rings. The number of H-pyrrole nitrogens is 4. The first kappa shape index (κ1) is 110. The molecule has 7 fully saturated rings. The summed E-state index contributed by atoms with van der Waals surface area (Å²) in [6, 6.07) is 0. The Bertz CT molecular complexity index is 7570. The molecule has 0 radical (unpaired) electrons. The van der Waals surface area contributed by atoms with Gasteiger partial charge in [0.25, 0.3) is 22.2 Å². The highest BCUT2D eigenvalue weighted by molar-refractivity contribution is 8.32. The van der Waals surface area contributed by atoms with Crippen molar-refractivity contribution >= 4 is 193 Å². The second kappa shape index (κ2) is 43.7. The van der Waals surface area contributed by atoms with Gasteiger partial charge in [0.05, 0.1) is 107 Å². The minimum Gasteiger partial charge on any atom is -0.780 e. The number of hydrogen-bond acceptors (Lipinski definition) is 56. The molecule has 0 bridgehead atoms. The molecule has 0 spiro atoms. The van der Waals surface area contributed by atoms with Crippen molar-refractivity contribution < 1.29 is 131 Å². The SMILES string of the molecule is CC[C@H]1O[C@@H](n2cc(C)c(=O)[nH]c2=O)C[C@H]1OP([O-])(=S)OC[C@H]1O[C@@H](n2cnc3c(=O)[nH]c(N)nc32)C[C@H]1OP([O-])(=S)OC[C@H]1O[C@@H](n2cc(C)c(=O)[nH]c2=O)C[C@H]1OP(=O)([S-])OC[C@H]1O[C@@H](n2cc(C)c(N)nc2=O)C[C@H]1OP([O-])(=S)OC[C@H]1O[C@@H](n2cc(C)c(N)nc2=O)C[C@H]1OP([O-])(=S)OC[C@H]1O[C@@H](n2cnc3c(N)ncnc32)C[C@H]1OP([O-])(=S)OC[C@H]1O[C@@H](n2cnc3c(=O)[nH]c(N)nc32)C[C@H]1OP([O-])(O)=S. The number of nitrogen functional groups attached to an aromatic ring is 5. The number of ether oxygens (including phenoxy) is 7. The second-order valence-corrected chi connectivity index (χ2v) is 52.7. The van der Waals surface area contributed by atoms with E-state index in [2.05, 4.69) is 76.6 Å². The van der Waals surface area contributed by atoms with Crippen molar-refractivity contribution in [2.24, 2.45) is 0 Å². The largest absolute Gasteiger partial charge is 0.780 e. The molecule has 0 aromatic carbocycles. The summed E-state index contributed by atoms with van der Waals surface area (Å²) in [7, 11) is 0. The number of aryl methyl sites for hydroxylation is 4. The van der Waals surface area contributed by atoms with Gasteiger partial charge >= 0.3 is 22.8 Å². The van der Waals surface area contributed by atoms with Gasteiger partial charge in [-0.25, -0.2) is 44.1 Å². The molecular weight excluding hydrogens is 2220 g/mol. The zero-order valence-electron chi connectivity index (χ0n) is 75.9. The summed E-state index contributed by atoms with van der Waals surface area (Å²) in [4.78, 5) is 246. The Balaban J connectivity index is 0.580. The van der Waals surface area contributed by atoms with E-state index in [1.807, 2.05) is 0 Å². The minimum atomic E-state index is -5.07. The summed E-state index contributed by atoms with van der Waals surface area (Å²) in [5.41, 5.74) is 23.8. The molecular formula is C71H87N25O36P7S7-7. The van der Waals surface area contributed by atoms with Crippen molar-refractivity contribution in [3.8, 4) is 0 Å². The fourth-order valence-corrected chi connectivity index (χ4v) is 26.7. The maximum Gasteiger partial charge on any atom is 0.351 e. The van der Waals surface area contributed by atoms with Crippen LogP contribution in [0.25, 0.3) is 33.5 Å². The highest BCUT2D eigenvalue weighted by Crippen LogP contribution is 2.57. The van der Waals surface area contributed by atoms with E-state index in [1.54, 1.807) is 6.92 Å². The first-order valence-electron chi connectivity index (χ1n) is 43.5. The molecule has 796 valence electrons. The van der Waals surface area contributed by atoms with Crippen LogP contribution in [0.1, 0.15) is 124 Å². The summed E-state index contributed by atoms with van der Waals surface area (Å²) in [5.74, 6) is -0.962. The summed E-state index contributed by atoms with van der Waals surface area (Å²) in [6.45, 7) is -31.9. The molecule has 28 atom stereocenters. The lowest BCUT2D eigenvalue weighted by Gasteiger charge is -2.36. The predicted molar refractivity (Wildman–Crippen MR) is 515 cm³/mol. The standard InChI is InChI=1S/C71H94N25O36P7S7/c1-6-32-33(7-46(119-32)92-16-30(4)62(97)88-70(92)103)127-134(107,141)114-23-45-39(13-52(125-45)96-27-81-55-61(96)85-67(76)87-65(55)100)132-139(112,146)117-21-43-37(11-49(122-43)93-17-31(5)63(98)89-71(93)104)130-137(110,144)116-20-41-35(9-47(120-41)90-14-28(2)56(72)82-68(90)101)128-136(109,143)115-19-42-36(10-48(121-42)91-15-29(3)57(73)83-69(91)102)129-138(111,145)118-22-44-38(12-50(124-44)94-25-79-53-58(74)77-24-78-59(53)94)131-135(108,142)113-18-40-34(126-133(105,106)140)8-51(123-40)95-26-80-54-60(95)84-66(75)86-64(54)99/h14-17,24-27,32-52H,6-13,18-23H2,1-5H3,(H,107,141)(H,108,142)(H,109,143)(H,110,144)(H,111,145)(H,112,146)(H2,72,82,101)(H2,73,83,102)(H2,74,77,78)(H,88,97,103)(H,89,98,104)(H2,105,106,140)(H3,75,84,86,99)(H3,76,85,87,100)/p-7/t32-,33-,34-,35-,36-,37-,38-,39-,40-,41-,42-,43-,44-,45-,46-,47-,48-,49-,50-,51-,52-,134?,135?,136?,137?,138?,139?/m1/s1. The Morgan fingerprint density at radius 2 is 0.658 bits per heavy atom. The third-order valence-electron chi connectivity index (χ3n) is 24.0. The van der Waals surface area contributed by atoms with Gasteiger partial charge in [0.15, 0.2) is 40.6 Å². The quantitative estimate of drug-likeness (QED) is 0.0130. The average molecular weight is 2310 g/mol. The first-order chi connectivity index (χ1) is 68.7. The number of aromatic nitrogens is 20. The molecule has 7 unspecified atom stereocenters. The number of nitrogens with two attached hydrogens (primary N) is 5. The Hall–Kier alpha value is -7.23. The summed E-state index contributed by atoms with van der Waals surface area (Å²) >= 11 is 37.6. The number of aromatic amines is 4. The van der Waals surface area contributed by atoms with Gasteiger partial charge in [-0.15, -0.1) is 0 Å². The fourth-order valence-electron chi connectivity index (χ4n) is 17.0. The Kier molecular flexibility index (Phi) is 32.9. The lowest BCUT2D eigenvalue weighted by atomic mass is 10.1. The Labute approximate surface area is 854 Å². The zero-order chi connectivity index (χ0) is 105. The van der Waals surface area contributed by atoms with Crippen molar-refractivity contribution in [3.05, 3.63) is 156 Å². The molecule has 75 heteroatoms. The zero-order valence-corrected chi connectivity index (χ0v) is 87.9. The molecule has 17 heterocycles. The number of anilines is 5. The van der Waals surface area contributed by atoms with Crippen LogP contribution in [0.15, 0.2) is 88.5 Å². The molecule has 7 aliphatic heterocycles. The van der Waals surface area contributed by atoms with Crippen LogP contribution in [0.2, 0.25) is 0 Å². The van der Waals surface area contributed by atoms with Gasteiger partial charge in [-0.05, 0) is 34.1 Å². The van der Waals surface area contributed by atoms with E-state index in [-0.39, 0.29) is 117 Å². The molecule has 0 aliphatic carbocycles. The maximum atomic E-state index is 15.0. The number of nitrogens with zero attached hydrogens (tertiary/aromatic N) is 16. The van der Waals surface area contributed by atoms with E-state index >= 15 is 0 Å². The van der Waals surface area contributed by atoms with E-state index in [1.165, 1.54) is 79.0 Å². The predicted octanol–water partition coefficient (Wildman–Crippen LogP) is -3.77. The van der Waals surface area contributed by atoms with Crippen LogP contribution in [0, 0.1) is 27.7 Å². The fraction of sp³-hybridized carbons (Fsp3) is 0.563. The van der Waals surface area contributed by atoms with Gasteiger partial charge in [0.1, 0.15) is 144 Å². The van der Waals surface area contributed by atoms with Crippen molar-refractivity contribution in [2.75, 3.05) is 68.3 Å². The van der Waals surface area contributed by atoms with Crippen molar-refractivity contribution in [1.29, 1.82) is 0 Å². The monoisotopic (exact) mass is 2310 g/mol. The summed E-state index contributed by atoms with van der Waals surface area (Å²) < 4.78 is 143. The number of nitrogens with one attached hydrogen (secondary N) is 4. The van der Waals surface area contributed by atoms with Gasteiger partial charge in [0.2, 0.25) is 11.9 Å². The summed E-state index contributed by atoms with van der Waals surface area (Å²) in [5, 5.41) is 0. The van der Waals surface area contributed by atoms with E-state index in [9.17, 15) is 77.2 Å². The van der Waals surface area contributed by atoms with Crippen molar-refractivity contribution in [1.82, 2.24) is 96.8 Å². The lowest BCUT2D eigenvalue weighted by molar-refractivity contribution is -0.222. The molecule has 7 aliphatic rings. The molecule has 17 rings (SSSR count). The molecule has 15 N–H and O–H groups in total. The van der Waals surface area contributed by atoms with Crippen LogP contribution in [-0.4, -0.2) is 227 Å². The van der Waals surface area contributed by atoms with Crippen LogP contribution < -0.4 is 103 Å². The molecule has 7 saturated heterocycles. The highest BCUT2D eigenvalue weighted by atomic mass is 32.7. The topological polar surface area (TPSA) is 841 Å². The van der Waals surface area contributed by atoms with Crippen LogP contribution >= 0.6 is 47.1 Å². The third kappa shape index (κ3) is 25.4. The van der Waals surface area contributed by atoms with Gasteiger partial charge in [-0.3, -0.25) is 75.6 Å². The smallest absolute Gasteiger partial charge is 0.351 e. The third-order valence-corrected chi connectivity index (χ3v) is 34.2. The Morgan fingerprint density at radius 1 is 0.370 bits per heavy atom. The molecule has 146 heavy (non-hydrogen) atoms. The number of rotatable bonds is 40. The van der Waals surface area contributed by atoms with Crippen molar-refractivity contribution in [3.63, 3.8) is 0 Å². The van der Waals surface area contributed by atoms with Crippen molar-refractivity contribution in [2.45, 2.75) is 215 Å². The number of hydrogen-bond donors (Lipinski definition) is 10. The van der Waals surface area contributed by atoms with Crippen LogP contribution in [-0.2, 0) is 180 Å². The van der Waals surface area contributed by atoms with Gasteiger partial charge < -0.3 is 167 Å². The van der Waals surface area contributed by atoms with E-state index in [0.29, 0.717) is 0 Å². The number of imidazole rings is 3. The Morgan fingerprint density at radius 3 is 1.00 bits per heavy atom. The van der Waals surface area contributed by atoms with Gasteiger partial charge in [-0.1, -0.05) is 77.8 Å². The summed E-state index contributed by atoms with van der Waals surface area (Å²) in [6.07, 6.45) is -21.5.